The van der Waals surface area contributed by atoms with E-state index in [9.17, 15) is 0 Å². The fourth-order valence-corrected chi connectivity index (χ4v) is 2.42. The van der Waals surface area contributed by atoms with Crippen LogP contribution < -0.4 is 0 Å². The van der Waals surface area contributed by atoms with Crippen LogP contribution in [0.5, 0.6) is 0 Å². The second-order valence-corrected chi connectivity index (χ2v) is 4.42. The average Bonchev–Trinajstić information content (AvgIpc) is 2.63. The lowest BCUT2D eigenvalue weighted by atomic mass is 9.99. The number of aliphatic hydroxyl groups is 1. The molecule has 0 aromatic carbocycles. The molecule has 0 heterocycles. The number of aliphatic hydroxyl groups excluding tert-OH is 1. The van der Waals surface area contributed by atoms with Crippen molar-refractivity contribution in [1.82, 2.24) is 0 Å². The Hall–Kier alpha value is -0.0800. The van der Waals surface area contributed by atoms with Gasteiger partial charge in [-0.25, -0.2) is 0 Å². The van der Waals surface area contributed by atoms with Crippen molar-refractivity contribution in [3.05, 3.63) is 0 Å². The fourth-order valence-electron chi connectivity index (χ4n) is 2.42. The normalized spacial score (nSPS) is 27.0. The van der Waals surface area contributed by atoms with Gasteiger partial charge in [0.15, 0.2) is 0 Å². The Kier molecular flexibility index (Phi) is 6.20. The van der Waals surface area contributed by atoms with E-state index in [-0.39, 0.29) is 0 Å². The maximum atomic E-state index is 8.69. The van der Waals surface area contributed by atoms with Crippen molar-refractivity contribution in [2.75, 3.05) is 19.8 Å². The van der Waals surface area contributed by atoms with Gasteiger partial charge in [-0.1, -0.05) is 19.3 Å². The first-order valence-electron chi connectivity index (χ1n) is 6.05. The minimum atomic E-state index is 0.356. The molecule has 2 unspecified atom stereocenters. The van der Waals surface area contributed by atoms with Crippen molar-refractivity contribution in [2.24, 2.45) is 11.8 Å². The largest absolute Gasteiger partial charge is 0.396 e. The number of ether oxygens (including phenoxy) is 1. The number of unbranched alkanes of at least 4 members (excludes halogenated alkanes) is 1. The molecule has 1 N–H and O–H groups in total. The van der Waals surface area contributed by atoms with Gasteiger partial charge < -0.3 is 9.84 Å². The Morgan fingerprint density at radius 3 is 2.71 bits per heavy atom. The second kappa shape index (κ2) is 7.24. The minimum absolute atomic E-state index is 0.356. The van der Waals surface area contributed by atoms with Gasteiger partial charge in [0.25, 0.3) is 0 Å². The van der Waals surface area contributed by atoms with Gasteiger partial charge in [-0.05, 0) is 38.0 Å². The Morgan fingerprint density at radius 2 is 2.00 bits per heavy atom. The standard InChI is InChI=1S/C12H24O2/c1-2-14-10-12-7-6-11(9-12)5-3-4-8-13/h11-13H,2-10H2,1H3. The summed E-state index contributed by atoms with van der Waals surface area (Å²) >= 11 is 0. The topological polar surface area (TPSA) is 29.5 Å². The third kappa shape index (κ3) is 4.43. The summed E-state index contributed by atoms with van der Waals surface area (Å²) in [6.07, 6.45) is 7.57. The highest BCUT2D eigenvalue weighted by Crippen LogP contribution is 2.34. The third-order valence-electron chi connectivity index (χ3n) is 3.23. The summed E-state index contributed by atoms with van der Waals surface area (Å²) in [7, 11) is 0. The van der Waals surface area contributed by atoms with E-state index in [1.165, 1.54) is 32.1 Å². The quantitative estimate of drug-likeness (QED) is 0.640. The van der Waals surface area contributed by atoms with Crippen molar-refractivity contribution >= 4 is 0 Å². The molecule has 1 aliphatic carbocycles. The summed E-state index contributed by atoms with van der Waals surface area (Å²) in [5, 5.41) is 8.69. The van der Waals surface area contributed by atoms with Crippen LogP contribution in [-0.2, 0) is 4.74 Å². The van der Waals surface area contributed by atoms with Crippen molar-refractivity contribution in [1.29, 1.82) is 0 Å². The Bertz CT molecular complexity index is 136. The molecule has 0 aromatic rings. The van der Waals surface area contributed by atoms with Crippen molar-refractivity contribution in [3.63, 3.8) is 0 Å². The van der Waals surface area contributed by atoms with E-state index in [0.29, 0.717) is 6.61 Å². The molecule has 0 aromatic heterocycles. The molecule has 1 saturated carbocycles. The van der Waals surface area contributed by atoms with E-state index in [1.54, 1.807) is 0 Å². The van der Waals surface area contributed by atoms with E-state index >= 15 is 0 Å². The first-order valence-corrected chi connectivity index (χ1v) is 6.05. The molecule has 1 rings (SSSR count). The third-order valence-corrected chi connectivity index (χ3v) is 3.23. The highest BCUT2D eigenvalue weighted by atomic mass is 16.5. The lowest BCUT2D eigenvalue weighted by Gasteiger charge is -2.10. The lowest BCUT2D eigenvalue weighted by Crippen LogP contribution is -2.06. The highest BCUT2D eigenvalue weighted by Gasteiger charge is 2.23. The van der Waals surface area contributed by atoms with Crippen LogP contribution in [0.4, 0.5) is 0 Å². The van der Waals surface area contributed by atoms with E-state index in [1.807, 2.05) is 0 Å². The van der Waals surface area contributed by atoms with Gasteiger partial charge in [0.2, 0.25) is 0 Å². The molecule has 0 amide bonds. The number of hydrogen-bond donors (Lipinski definition) is 1. The summed E-state index contributed by atoms with van der Waals surface area (Å²) in [6.45, 7) is 4.24. The Morgan fingerprint density at radius 1 is 1.21 bits per heavy atom. The van der Waals surface area contributed by atoms with Crippen LogP contribution in [0.1, 0.15) is 45.4 Å². The maximum Gasteiger partial charge on any atom is 0.0494 e. The van der Waals surface area contributed by atoms with Gasteiger partial charge in [-0.15, -0.1) is 0 Å². The summed E-state index contributed by atoms with van der Waals surface area (Å²) < 4.78 is 5.45. The van der Waals surface area contributed by atoms with Crippen LogP contribution >= 0.6 is 0 Å². The lowest BCUT2D eigenvalue weighted by molar-refractivity contribution is 0.111. The van der Waals surface area contributed by atoms with Gasteiger partial charge in [0.05, 0.1) is 0 Å². The zero-order chi connectivity index (χ0) is 10.2. The highest BCUT2D eigenvalue weighted by molar-refractivity contribution is 4.75. The van der Waals surface area contributed by atoms with Crippen LogP contribution in [0.3, 0.4) is 0 Å². The predicted molar refractivity (Wildman–Crippen MR) is 58.3 cm³/mol. The Balaban J connectivity index is 2.02. The average molecular weight is 200 g/mol. The predicted octanol–water partition coefficient (Wildman–Crippen LogP) is 2.60. The molecule has 0 radical (unpaired) electrons. The van der Waals surface area contributed by atoms with Crippen molar-refractivity contribution in [3.8, 4) is 0 Å². The van der Waals surface area contributed by atoms with Gasteiger partial charge >= 0.3 is 0 Å². The van der Waals surface area contributed by atoms with E-state index in [2.05, 4.69) is 6.92 Å². The summed E-state index contributed by atoms with van der Waals surface area (Å²) in [4.78, 5) is 0. The zero-order valence-electron chi connectivity index (χ0n) is 9.37. The van der Waals surface area contributed by atoms with E-state index < -0.39 is 0 Å². The van der Waals surface area contributed by atoms with Gasteiger partial charge in [0.1, 0.15) is 0 Å². The smallest absolute Gasteiger partial charge is 0.0494 e. The van der Waals surface area contributed by atoms with Gasteiger partial charge in [-0.2, -0.15) is 0 Å². The van der Waals surface area contributed by atoms with Gasteiger partial charge in [-0.3, -0.25) is 0 Å². The van der Waals surface area contributed by atoms with Crippen LogP contribution in [0.15, 0.2) is 0 Å². The SMILES string of the molecule is CCOCC1CCC(CCCCO)C1. The Labute approximate surface area is 87.7 Å². The first kappa shape index (κ1) is 12.0. The second-order valence-electron chi connectivity index (χ2n) is 4.42. The van der Waals surface area contributed by atoms with Gasteiger partial charge in [0, 0.05) is 19.8 Å². The summed E-state index contributed by atoms with van der Waals surface area (Å²) in [5.74, 6) is 1.72. The fraction of sp³-hybridized carbons (Fsp3) is 1.00. The monoisotopic (exact) mass is 200 g/mol. The van der Waals surface area contributed by atoms with Crippen LogP contribution in [-0.4, -0.2) is 24.9 Å². The zero-order valence-corrected chi connectivity index (χ0v) is 9.37. The number of rotatable bonds is 7. The summed E-state index contributed by atoms with van der Waals surface area (Å²) in [6, 6.07) is 0. The molecule has 1 fully saturated rings. The van der Waals surface area contributed by atoms with Crippen molar-refractivity contribution < 1.29 is 9.84 Å². The van der Waals surface area contributed by atoms with Crippen LogP contribution in [0, 0.1) is 11.8 Å². The molecule has 2 atom stereocenters. The molecule has 14 heavy (non-hydrogen) atoms. The summed E-state index contributed by atoms with van der Waals surface area (Å²) in [5.41, 5.74) is 0. The van der Waals surface area contributed by atoms with Crippen molar-refractivity contribution in [2.45, 2.75) is 45.4 Å². The molecule has 2 nitrogen and oxygen atoms in total. The first-order chi connectivity index (χ1) is 6.86. The molecule has 0 aliphatic heterocycles. The van der Waals surface area contributed by atoms with Crippen LogP contribution in [0.2, 0.25) is 0 Å². The molecule has 84 valence electrons. The van der Waals surface area contributed by atoms with Crippen LogP contribution in [0.25, 0.3) is 0 Å². The molecule has 2 heteroatoms. The molecule has 0 bridgehead atoms. The minimum Gasteiger partial charge on any atom is -0.396 e. The molecule has 1 aliphatic rings. The molecule has 0 spiro atoms. The maximum absolute atomic E-state index is 8.69. The molecule has 0 saturated heterocycles. The molecular formula is C12H24O2. The number of hydrogen-bond acceptors (Lipinski definition) is 2. The molecular weight excluding hydrogens is 176 g/mol. The van der Waals surface area contributed by atoms with E-state index in [4.69, 9.17) is 9.84 Å². The van der Waals surface area contributed by atoms with E-state index in [0.717, 1.165) is 31.5 Å².